The molecule has 2 aliphatic rings. The number of allylic oxidation sites excluding steroid dienone is 2. The standard InChI is InChI=1S/C32H39ClN3/c1-20(2)24-11-9-12-25(21(3)4)30(24)35-17-18-36(32(35)28-15-16-34-19-29(28)33)31-26(22(5)6)13-10-14-27(31)23(7)8/h9-14,16-18,20-23H,15H2,1-8H3. The van der Waals surface area contributed by atoms with Crippen molar-refractivity contribution in [2.45, 2.75) is 85.5 Å². The number of hydrogen-bond acceptors (Lipinski definition) is 3. The van der Waals surface area contributed by atoms with Gasteiger partial charge >= 0.3 is 0 Å². The topological polar surface area (TPSA) is 18.8 Å². The zero-order valence-corrected chi connectivity index (χ0v) is 23.7. The molecule has 2 aromatic carbocycles. The van der Waals surface area contributed by atoms with E-state index in [2.05, 4.69) is 125 Å². The third-order valence-electron chi connectivity index (χ3n) is 7.07. The molecule has 0 unspecified atom stereocenters. The zero-order chi connectivity index (χ0) is 26.1. The van der Waals surface area contributed by atoms with Crippen LogP contribution in [-0.4, -0.2) is 6.21 Å². The van der Waals surface area contributed by atoms with E-state index >= 15 is 0 Å². The number of benzene rings is 2. The molecule has 0 bridgehead atoms. The van der Waals surface area contributed by atoms with Gasteiger partial charge in [0.05, 0.1) is 16.4 Å². The third-order valence-corrected chi connectivity index (χ3v) is 7.38. The predicted molar refractivity (Wildman–Crippen MR) is 156 cm³/mol. The Bertz CT molecular complexity index is 1120. The first-order valence-electron chi connectivity index (χ1n) is 13.2. The Kier molecular flexibility index (Phi) is 7.80. The molecule has 3 nitrogen and oxygen atoms in total. The van der Waals surface area contributed by atoms with Gasteiger partial charge in [0.15, 0.2) is 0 Å². The van der Waals surface area contributed by atoms with Gasteiger partial charge < -0.3 is 9.80 Å². The van der Waals surface area contributed by atoms with E-state index in [1.54, 1.807) is 0 Å². The van der Waals surface area contributed by atoms with E-state index in [9.17, 15) is 0 Å². The molecule has 0 atom stereocenters. The Balaban J connectivity index is 2.04. The van der Waals surface area contributed by atoms with Crippen molar-refractivity contribution >= 4 is 29.2 Å². The van der Waals surface area contributed by atoms with Crippen molar-refractivity contribution in [3.63, 3.8) is 0 Å². The second-order valence-corrected chi connectivity index (χ2v) is 11.3. The van der Waals surface area contributed by atoms with Crippen LogP contribution in [0.15, 0.2) is 70.2 Å². The van der Waals surface area contributed by atoms with Crippen LogP contribution in [0.4, 0.5) is 11.4 Å². The van der Waals surface area contributed by atoms with Gasteiger partial charge in [-0.1, -0.05) is 103 Å². The summed E-state index contributed by atoms with van der Waals surface area (Å²) in [6.45, 7) is 18.2. The minimum Gasteiger partial charge on any atom is -0.301 e. The minimum atomic E-state index is 0.382. The van der Waals surface area contributed by atoms with Crippen molar-refractivity contribution in [1.29, 1.82) is 0 Å². The Morgan fingerprint density at radius 2 is 1.08 bits per heavy atom. The van der Waals surface area contributed by atoms with Gasteiger partial charge in [-0.2, -0.15) is 0 Å². The molecule has 0 amide bonds. The first kappa shape index (κ1) is 26.3. The molecule has 4 heteroatoms. The highest BCUT2D eigenvalue weighted by Gasteiger charge is 2.33. The highest BCUT2D eigenvalue weighted by atomic mass is 35.5. The molecule has 36 heavy (non-hydrogen) atoms. The van der Waals surface area contributed by atoms with Gasteiger partial charge in [-0.05, 0) is 45.9 Å². The van der Waals surface area contributed by atoms with Crippen molar-refractivity contribution in [2.75, 3.05) is 9.80 Å². The van der Waals surface area contributed by atoms with Crippen molar-refractivity contribution < 1.29 is 0 Å². The molecule has 0 saturated carbocycles. The van der Waals surface area contributed by atoms with Gasteiger partial charge in [0.1, 0.15) is 12.0 Å². The van der Waals surface area contributed by atoms with Gasteiger partial charge in [0.25, 0.3) is 0 Å². The van der Waals surface area contributed by atoms with Crippen LogP contribution in [0.25, 0.3) is 0 Å². The zero-order valence-electron chi connectivity index (χ0n) is 22.9. The highest BCUT2D eigenvalue weighted by molar-refractivity contribution is 6.32. The Morgan fingerprint density at radius 3 is 1.42 bits per heavy atom. The van der Waals surface area contributed by atoms with Gasteiger partial charge in [-0.3, -0.25) is 4.99 Å². The molecule has 2 aliphatic heterocycles. The second kappa shape index (κ2) is 10.7. The Labute approximate surface area is 222 Å². The van der Waals surface area contributed by atoms with Crippen LogP contribution in [0.2, 0.25) is 0 Å². The summed E-state index contributed by atoms with van der Waals surface area (Å²) >= 11 is 6.83. The monoisotopic (exact) mass is 500 g/mol. The van der Waals surface area contributed by atoms with E-state index in [0.29, 0.717) is 35.1 Å². The molecule has 0 fully saturated rings. The fourth-order valence-corrected chi connectivity index (χ4v) is 5.42. The number of nitrogens with zero attached hydrogens (tertiary/aromatic N) is 3. The maximum Gasteiger partial charge on any atom is 0.127 e. The van der Waals surface area contributed by atoms with Crippen LogP contribution in [0.3, 0.4) is 0 Å². The summed E-state index contributed by atoms with van der Waals surface area (Å²) in [5.41, 5.74) is 8.88. The molecule has 0 N–H and O–H groups in total. The Morgan fingerprint density at radius 1 is 0.694 bits per heavy atom. The molecule has 0 saturated heterocycles. The average molecular weight is 501 g/mol. The van der Waals surface area contributed by atoms with Gasteiger partial charge in [0.2, 0.25) is 0 Å². The molecule has 0 spiro atoms. The fourth-order valence-electron chi connectivity index (χ4n) is 5.21. The van der Waals surface area contributed by atoms with Gasteiger partial charge in [-0.15, -0.1) is 0 Å². The summed E-state index contributed by atoms with van der Waals surface area (Å²) in [4.78, 5) is 8.95. The molecule has 2 heterocycles. The van der Waals surface area contributed by atoms with Crippen molar-refractivity contribution in [3.05, 3.63) is 93.7 Å². The van der Waals surface area contributed by atoms with Crippen molar-refractivity contribution in [3.8, 4) is 0 Å². The van der Waals surface area contributed by atoms with E-state index in [4.69, 9.17) is 11.6 Å². The van der Waals surface area contributed by atoms with Crippen LogP contribution in [-0.2, 0) is 0 Å². The number of para-hydroxylation sites is 2. The largest absolute Gasteiger partial charge is 0.301 e. The lowest BCUT2D eigenvalue weighted by Gasteiger charge is -2.35. The second-order valence-electron chi connectivity index (χ2n) is 11.0. The molecule has 2 aromatic rings. The highest BCUT2D eigenvalue weighted by Crippen LogP contribution is 2.46. The molecule has 0 aliphatic carbocycles. The van der Waals surface area contributed by atoms with Crippen LogP contribution >= 0.6 is 11.6 Å². The minimum absolute atomic E-state index is 0.382. The summed E-state index contributed by atoms with van der Waals surface area (Å²) < 4.78 is 0. The summed E-state index contributed by atoms with van der Waals surface area (Å²) in [7, 11) is 0. The normalized spacial score (nSPS) is 16.0. The summed E-state index contributed by atoms with van der Waals surface area (Å²) in [5, 5.41) is 0.576. The van der Waals surface area contributed by atoms with Crippen molar-refractivity contribution in [2.24, 2.45) is 4.99 Å². The lowest BCUT2D eigenvalue weighted by Crippen LogP contribution is -2.28. The van der Waals surface area contributed by atoms with E-state index < -0.39 is 0 Å². The van der Waals surface area contributed by atoms with Crippen LogP contribution in [0, 0.1) is 6.20 Å². The number of aliphatic imine (C=N–C) groups is 1. The van der Waals surface area contributed by atoms with Gasteiger partial charge in [0, 0.05) is 30.6 Å². The number of anilines is 2. The van der Waals surface area contributed by atoms with E-state index in [0.717, 1.165) is 11.4 Å². The van der Waals surface area contributed by atoms with E-state index in [-0.39, 0.29) is 0 Å². The molecular weight excluding hydrogens is 462 g/mol. The Hall–Kier alpha value is -2.78. The smallest absolute Gasteiger partial charge is 0.127 e. The number of rotatable bonds is 6. The van der Waals surface area contributed by atoms with Crippen LogP contribution in [0.1, 0.15) is 108 Å². The lowest BCUT2D eigenvalue weighted by atomic mass is 9.91. The quantitative estimate of drug-likeness (QED) is 0.393. The SMILES string of the molecule is CC(C)c1cccc(C(C)C)c1N1C=CN(c2c(C(C)C)cccc2C(C)C)C1=C1CC=N[C]=C1Cl. The summed E-state index contributed by atoms with van der Waals surface area (Å²) in [5.74, 6) is 2.60. The number of halogens is 1. The molecule has 189 valence electrons. The predicted octanol–water partition coefficient (Wildman–Crippen LogP) is 9.55. The summed E-state index contributed by atoms with van der Waals surface area (Å²) in [6, 6.07) is 13.4. The van der Waals surface area contributed by atoms with E-state index in [1.165, 1.54) is 33.6 Å². The molecular formula is C32H39ClN3. The summed E-state index contributed by atoms with van der Waals surface area (Å²) in [6.07, 6.45) is 10.0. The first-order valence-corrected chi connectivity index (χ1v) is 13.6. The molecule has 4 rings (SSSR count). The fraction of sp³-hybridized carbons (Fsp3) is 0.406. The molecule has 1 radical (unpaired) electrons. The van der Waals surface area contributed by atoms with Crippen LogP contribution < -0.4 is 9.80 Å². The first-order chi connectivity index (χ1) is 17.1. The van der Waals surface area contributed by atoms with Gasteiger partial charge in [-0.25, -0.2) is 0 Å². The number of hydrogen-bond donors (Lipinski definition) is 0. The lowest BCUT2D eigenvalue weighted by molar-refractivity contribution is 0.818. The van der Waals surface area contributed by atoms with Crippen LogP contribution in [0.5, 0.6) is 0 Å². The average Bonchev–Trinajstić information content (AvgIpc) is 3.27. The van der Waals surface area contributed by atoms with E-state index in [1.807, 2.05) is 6.21 Å². The molecule has 0 aromatic heterocycles. The third kappa shape index (κ3) is 4.78. The van der Waals surface area contributed by atoms with Crippen molar-refractivity contribution in [1.82, 2.24) is 0 Å². The maximum absolute atomic E-state index is 6.83. The maximum atomic E-state index is 6.83.